The van der Waals surface area contributed by atoms with Crippen LogP contribution in [0.1, 0.15) is 20.3 Å². The monoisotopic (exact) mass is 253 g/mol. The van der Waals surface area contributed by atoms with Crippen molar-refractivity contribution in [2.75, 3.05) is 13.1 Å². The van der Waals surface area contributed by atoms with E-state index in [4.69, 9.17) is 0 Å². The van der Waals surface area contributed by atoms with Gasteiger partial charge in [-0.05, 0) is 25.4 Å². The molecule has 1 N–H and O–H groups in total. The first-order valence-corrected chi connectivity index (χ1v) is 6.10. The quantitative estimate of drug-likeness (QED) is 0.452. The van der Waals surface area contributed by atoms with Crippen molar-refractivity contribution in [1.82, 2.24) is 9.88 Å². The molecule has 0 aliphatic heterocycles. The van der Waals surface area contributed by atoms with Crippen LogP contribution in [0.15, 0.2) is 23.1 Å². The Balaban J connectivity index is 2.68. The van der Waals surface area contributed by atoms with Gasteiger partial charge in [0.15, 0.2) is 0 Å². The Morgan fingerprint density at radius 2 is 2.22 bits per heavy atom. The summed E-state index contributed by atoms with van der Waals surface area (Å²) in [5.41, 5.74) is -0.258. The zero-order chi connectivity index (χ0) is 13.5. The molecule has 1 atom stereocenters. The van der Waals surface area contributed by atoms with Crippen molar-refractivity contribution in [1.29, 1.82) is 0 Å². The van der Waals surface area contributed by atoms with E-state index in [9.17, 15) is 14.9 Å². The predicted octanol–water partition coefficient (Wildman–Crippen LogP) is 1.39. The third-order valence-corrected chi connectivity index (χ3v) is 2.61. The van der Waals surface area contributed by atoms with Crippen LogP contribution in [0.4, 0.5) is 5.69 Å². The van der Waals surface area contributed by atoms with Crippen molar-refractivity contribution < 1.29 is 4.92 Å². The second-order valence-corrected chi connectivity index (χ2v) is 4.44. The molecule has 1 unspecified atom stereocenters. The van der Waals surface area contributed by atoms with Crippen LogP contribution < -0.4 is 10.9 Å². The highest BCUT2D eigenvalue weighted by atomic mass is 16.6. The molecular formula is C12H19N3O3. The van der Waals surface area contributed by atoms with Gasteiger partial charge in [-0.3, -0.25) is 14.9 Å². The second kappa shape index (κ2) is 6.90. The van der Waals surface area contributed by atoms with Gasteiger partial charge in [-0.15, -0.1) is 0 Å². The van der Waals surface area contributed by atoms with E-state index < -0.39 is 4.92 Å². The first-order valence-electron chi connectivity index (χ1n) is 6.10. The summed E-state index contributed by atoms with van der Waals surface area (Å²) in [5.74, 6) is 0.247. The molecule has 0 radical (unpaired) electrons. The number of hydrogen-bond acceptors (Lipinski definition) is 4. The van der Waals surface area contributed by atoms with Gasteiger partial charge < -0.3 is 9.88 Å². The maximum atomic E-state index is 11.6. The van der Waals surface area contributed by atoms with Gasteiger partial charge >= 0.3 is 0 Å². The van der Waals surface area contributed by atoms with Gasteiger partial charge in [-0.1, -0.05) is 13.8 Å². The van der Waals surface area contributed by atoms with Crippen LogP contribution in [0.25, 0.3) is 0 Å². The molecule has 0 spiro atoms. The van der Waals surface area contributed by atoms with Gasteiger partial charge in [0, 0.05) is 18.7 Å². The smallest absolute Gasteiger partial charge is 0.285 e. The molecule has 0 saturated heterocycles. The number of pyridine rings is 1. The lowest BCUT2D eigenvalue weighted by molar-refractivity contribution is -0.385. The summed E-state index contributed by atoms with van der Waals surface area (Å²) < 4.78 is 1.40. The normalized spacial score (nSPS) is 12.3. The van der Waals surface area contributed by atoms with Gasteiger partial charge in [0.1, 0.15) is 0 Å². The fourth-order valence-electron chi connectivity index (χ4n) is 1.69. The third kappa shape index (κ3) is 4.29. The predicted molar refractivity (Wildman–Crippen MR) is 69.7 cm³/mol. The van der Waals surface area contributed by atoms with E-state index in [0.717, 1.165) is 19.5 Å². The maximum absolute atomic E-state index is 11.6. The average Bonchev–Trinajstić information content (AvgIpc) is 2.32. The van der Waals surface area contributed by atoms with Crippen molar-refractivity contribution >= 4 is 5.69 Å². The highest BCUT2D eigenvalue weighted by Gasteiger charge is 2.10. The Hall–Kier alpha value is -1.69. The number of rotatable bonds is 7. The van der Waals surface area contributed by atoms with Gasteiger partial charge in [-0.2, -0.15) is 0 Å². The van der Waals surface area contributed by atoms with Crippen LogP contribution in [0, 0.1) is 16.0 Å². The van der Waals surface area contributed by atoms with Crippen LogP contribution >= 0.6 is 0 Å². The summed E-state index contributed by atoms with van der Waals surface area (Å²) in [4.78, 5) is 21.7. The Morgan fingerprint density at radius 3 is 2.83 bits per heavy atom. The first-order chi connectivity index (χ1) is 8.54. The lowest BCUT2D eigenvalue weighted by Gasteiger charge is -2.13. The maximum Gasteiger partial charge on any atom is 0.285 e. The summed E-state index contributed by atoms with van der Waals surface area (Å²) in [6, 6.07) is 2.48. The topological polar surface area (TPSA) is 77.2 Å². The van der Waals surface area contributed by atoms with Crippen LogP contribution in [0.2, 0.25) is 0 Å². The summed E-state index contributed by atoms with van der Waals surface area (Å²) in [5, 5.41) is 13.9. The van der Waals surface area contributed by atoms with E-state index in [2.05, 4.69) is 12.2 Å². The van der Waals surface area contributed by atoms with Crippen LogP contribution in [-0.4, -0.2) is 22.6 Å². The Morgan fingerprint density at radius 1 is 1.50 bits per heavy atom. The fraction of sp³-hybridized carbons (Fsp3) is 0.583. The summed E-state index contributed by atoms with van der Waals surface area (Å²) >= 11 is 0. The van der Waals surface area contributed by atoms with Gasteiger partial charge in [0.25, 0.3) is 11.2 Å². The van der Waals surface area contributed by atoms with E-state index in [1.165, 1.54) is 22.9 Å². The number of nitrogens with zero attached hydrogens (tertiary/aromatic N) is 2. The SMILES string of the molecule is CCCNCC(C)Cn1cc([N+](=O)[O-])ccc1=O. The van der Waals surface area contributed by atoms with Crippen molar-refractivity contribution in [3.63, 3.8) is 0 Å². The molecule has 1 aromatic heterocycles. The molecule has 0 bridgehead atoms. The summed E-state index contributed by atoms with van der Waals surface area (Å²) in [7, 11) is 0. The second-order valence-electron chi connectivity index (χ2n) is 4.44. The van der Waals surface area contributed by atoms with Crippen molar-refractivity contribution in [2.24, 2.45) is 5.92 Å². The average molecular weight is 253 g/mol. The Bertz CT molecular complexity index is 456. The lowest BCUT2D eigenvalue weighted by atomic mass is 10.1. The van der Waals surface area contributed by atoms with Crippen molar-refractivity contribution in [3.05, 3.63) is 38.8 Å². The molecule has 0 fully saturated rings. The van der Waals surface area contributed by atoms with Crippen LogP contribution in [-0.2, 0) is 6.54 Å². The van der Waals surface area contributed by atoms with Gasteiger partial charge in [0.05, 0.1) is 11.1 Å². The molecular weight excluding hydrogens is 234 g/mol. The van der Waals surface area contributed by atoms with Crippen molar-refractivity contribution in [2.45, 2.75) is 26.8 Å². The first kappa shape index (κ1) is 14.4. The third-order valence-electron chi connectivity index (χ3n) is 2.61. The van der Waals surface area contributed by atoms with Crippen LogP contribution in [0.5, 0.6) is 0 Å². The van der Waals surface area contributed by atoms with Gasteiger partial charge in [0.2, 0.25) is 0 Å². The highest BCUT2D eigenvalue weighted by molar-refractivity contribution is 5.24. The molecule has 6 heteroatoms. The molecule has 0 amide bonds. The minimum absolute atomic E-state index is 0.0525. The molecule has 18 heavy (non-hydrogen) atoms. The Labute approximate surface area is 106 Å². The molecule has 0 saturated carbocycles. The standard InChI is InChI=1S/C12H19N3O3/c1-3-6-13-7-10(2)8-14-9-11(15(17)18)4-5-12(14)16/h4-5,9-10,13H,3,6-8H2,1-2H3. The summed E-state index contributed by atoms with van der Waals surface area (Å²) in [6.07, 6.45) is 2.36. The number of hydrogen-bond donors (Lipinski definition) is 1. The van der Waals surface area contributed by atoms with E-state index in [-0.39, 0.29) is 17.2 Å². The van der Waals surface area contributed by atoms with Crippen LogP contribution in [0.3, 0.4) is 0 Å². The Kier molecular flexibility index (Phi) is 5.51. The molecule has 0 aliphatic rings. The minimum atomic E-state index is -0.490. The number of aromatic nitrogens is 1. The molecule has 6 nitrogen and oxygen atoms in total. The molecule has 0 aliphatic carbocycles. The molecule has 100 valence electrons. The molecule has 1 aromatic rings. The summed E-state index contributed by atoms with van der Waals surface area (Å²) in [6.45, 7) is 6.31. The van der Waals surface area contributed by atoms with Crippen molar-refractivity contribution in [3.8, 4) is 0 Å². The molecule has 0 aromatic carbocycles. The zero-order valence-corrected chi connectivity index (χ0v) is 10.8. The van der Waals surface area contributed by atoms with E-state index in [1.807, 2.05) is 6.92 Å². The number of nitrogens with one attached hydrogen (secondary N) is 1. The largest absolute Gasteiger partial charge is 0.316 e. The fourth-order valence-corrected chi connectivity index (χ4v) is 1.69. The van der Waals surface area contributed by atoms with E-state index in [0.29, 0.717) is 6.54 Å². The number of nitro groups is 1. The minimum Gasteiger partial charge on any atom is -0.316 e. The van der Waals surface area contributed by atoms with E-state index >= 15 is 0 Å². The highest BCUT2D eigenvalue weighted by Crippen LogP contribution is 2.07. The molecule has 1 heterocycles. The molecule has 1 rings (SSSR count). The lowest BCUT2D eigenvalue weighted by Crippen LogP contribution is -2.28. The zero-order valence-electron chi connectivity index (χ0n) is 10.8. The van der Waals surface area contributed by atoms with E-state index in [1.54, 1.807) is 0 Å². The van der Waals surface area contributed by atoms with Gasteiger partial charge in [-0.25, -0.2) is 0 Å².